The molecule has 0 saturated carbocycles. The second-order valence-electron chi connectivity index (χ2n) is 6.35. The minimum absolute atomic E-state index is 0.114. The van der Waals surface area contributed by atoms with E-state index in [-0.39, 0.29) is 11.9 Å². The molecular formula is C19H24N4O. The zero-order valence-electron chi connectivity index (χ0n) is 14.1. The molecule has 1 N–H and O–H groups in total. The maximum atomic E-state index is 12.2. The van der Waals surface area contributed by atoms with Crippen LogP contribution < -0.4 is 10.2 Å². The first-order chi connectivity index (χ1) is 11.7. The molecule has 126 valence electrons. The minimum atomic E-state index is 0.114. The van der Waals surface area contributed by atoms with Gasteiger partial charge in [0.1, 0.15) is 5.82 Å². The predicted octanol–water partition coefficient (Wildman–Crippen LogP) is 2.50. The fourth-order valence-corrected chi connectivity index (χ4v) is 3.11. The molecule has 0 aliphatic carbocycles. The maximum Gasteiger partial charge on any atom is 0.220 e. The van der Waals surface area contributed by atoms with Gasteiger partial charge in [-0.3, -0.25) is 9.78 Å². The summed E-state index contributed by atoms with van der Waals surface area (Å²) in [7, 11) is 0. The van der Waals surface area contributed by atoms with E-state index in [2.05, 4.69) is 20.2 Å². The summed E-state index contributed by atoms with van der Waals surface area (Å²) in [6.07, 6.45) is 6.91. The lowest BCUT2D eigenvalue weighted by Crippen LogP contribution is -2.48. The highest BCUT2D eigenvalue weighted by atomic mass is 16.1. The summed E-state index contributed by atoms with van der Waals surface area (Å²) in [6, 6.07) is 10.2. The van der Waals surface area contributed by atoms with E-state index < -0.39 is 0 Å². The summed E-state index contributed by atoms with van der Waals surface area (Å²) in [5.41, 5.74) is 2.12. The van der Waals surface area contributed by atoms with E-state index >= 15 is 0 Å². The van der Waals surface area contributed by atoms with Crippen LogP contribution in [0, 0.1) is 6.92 Å². The van der Waals surface area contributed by atoms with Crippen LogP contribution in [-0.2, 0) is 11.2 Å². The fraction of sp³-hybridized carbons (Fsp3) is 0.421. The van der Waals surface area contributed by atoms with Gasteiger partial charge in [-0.2, -0.15) is 0 Å². The number of carbonyl (C=O) groups is 1. The quantitative estimate of drug-likeness (QED) is 0.918. The average Bonchev–Trinajstić information content (AvgIpc) is 2.61. The maximum absolute atomic E-state index is 12.2. The Morgan fingerprint density at radius 3 is 3.04 bits per heavy atom. The van der Waals surface area contributed by atoms with Gasteiger partial charge in [-0.05, 0) is 49.9 Å². The summed E-state index contributed by atoms with van der Waals surface area (Å²) in [5, 5.41) is 3.17. The Morgan fingerprint density at radius 2 is 2.25 bits per heavy atom. The van der Waals surface area contributed by atoms with Crippen molar-refractivity contribution in [2.24, 2.45) is 0 Å². The molecule has 2 aromatic heterocycles. The largest absolute Gasteiger partial charge is 0.355 e. The van der Waals surface area contributed by atoms with Gasteiger partial charge in [-0.15, -0.1) is 0 Å². The summed E-state index contributed by atoms with van der Waals surface area (Å²) in [6.45, 7) is 3.83. The van der Waals surface area contributed by atoms with Gasteiger partial charge >= 0.3 is 0 Å². The van der Waals surface area contributed by atoms with Crippen molar-refractivity contribution in [3.63, 3.8) is 0 Å². The number of piperidine rings is 1. The zero-order chi connectivity index (χ0) is 16.8. The lowest BCUT2D eigenvalue weighted by molar-refractivity contribution is -0.121. The van der Waals surface area contributed by atoms with Crippen molar-refractivity contribution in [1.29, 1.82) is 0 Å². The molecule has 1 saturated heterocycles. The Labute approximate surface area is 143 Å². The Bertz CT molecular complexity index is 674. The summed E-state index contributed by atoms with van der Waals surface area (Å²) in [5.74, 6) is 1.12. The van der Waals surface area contributed by atoms with Crippen molar-refractivity contribution in [3.8, 4) is 0 Å². The molecule has 1 fully saturated rings. The number of nitrogens with one attached hydrogen (secondary N) is 1. The van der Waals surface area contributed by atoms with Crippen LogP contribution >= 0.6 is 0 Å². The number of rotatable bonds is 5. The third kappa shape index (κ3) is 4.54. The molecule has 1 atom stereocenters. The molecule has 5 heteroatoms. The fourth-order valence-electron chi connectivity index (χ4n) is 3.11. The summed E-state index contributed by atoms with van der Waals surface area (Å²) >= 11 is 0. The van der Waals surface area contributed by atoms with E-state index in [1.165, 1.54) is 0 Å². The van der Waals surface area contributed by atoms with Crippen LogP contribution in [0.4, 0.5) is 5.82 Å². The van der Waals surface area contributed by atoms with Crippen LogP contribution in [0.15, 0.2) is 42.7 Å². The number of aryl methyl sites for hydroxylation is 2. The zero-order valence-corrected chi connectivity index (χ0v) is 14.1. The molecule has 3 rings (SSSR count). The second kappa shape index (κ2) is 7.90. The van der Waals surface area contributed by atoms with Crippen LogP contribution in [0.1, 0.15) is 30.5 Å². The standard InChI is InChI=1S/C19H24N4O/c1-15-5-2-8-18(21-15)23-12-4-7-17(14-23)22-19(24)10-9-16-6-3-11-20-13-16/h2-3,5-6,8,11,13,17H,4,7,9-10,12,14H2,1H3,(H,22,24)/t17-/m0/s1. The first kappa shape index (κ1) is 16.4. The topological polar surface area (TPSA) is 58.1 Å². The van der Waals surface area contributed by atoms with E-state index in [9.17, 15) is 4.79 Å². The molecular weight excluding hydrogens is 300 g/mol. The van der Waals surface area contributed by atoms with E-state index in [1.807, 2.05) is 43.5 Å². The monoisotopic (exact) mass is 324 g/mol. The number of pyridine rings is 2. The van der Waals surface area contributed by atoms with Crippen LogP contribution in [0.2, 0.25) is 0 Å². The van der Waals surface area contributed by atoms with Crippen molar-refractivity contribution in [2.75, 3.05) is 18.0 Å². The van der Waals surface area contributed by atoms with Crippen molar-refractivity contribution in [3.05, 3.63) is 54.0 Å². The lowest BCUT2D eigenvalue weighted by Gasteiger charge is -2.34. The molecule has 5 nitrogen and oxygen atoms in total. The van der Waals surface area contributed by atoms with Crippen LogP contribution in [0.25, 0.3) is 0 Å². The normalized spacial score (nSPS) is 17.5. The van der Waals surface area contributed by atoms with Crippen molar-refractivity contribution >= 4 is 11.7 Å². The molecule has 1 amide bonds. The SMILES string of the molecule is Cc1cccc(N2CCC[C@H](NC(=O)CCc3cccnc3)C2)n1. The van der Waals surface area contributed by atoms with Gasteiger partial charge in [0.05, 0.1) is 0 Å². The molecule has 1 aliphatic rings. The van der Waals surface area contributed by atoms with Gasteiger partial charge < -0.3 is 10.2 Å². The van der Waals surface area contributed by atoms with Crippen molar-refractivity contribution < 1.29 is 4.79 Å². The molecule has 0 unspecified atom stereocenters. The van der Waals surface area contributed by atoms with Gasteiger partial charge in [-0.25, -0.2) is 4.98 Å². The number of amides is 1. The van der Waals surface area contributed by atoms with Gasteiger partial charge in [0.15, 0.2) is 0 Å². The smallest absolute Gasteiger partial charge is 0.220 e. The highest BCUT2D eigenvalue weighted by Crippen LogP contribution is 2.18. The first-order valence-corrected chi connectivity index (χ1v) is 8.57. The number of hydrogen-bond acceptors (Lipinski definition) is 4. The van der Waals surface area contributed by atoms with Gasteiger partial charge in [-0.1, -0.05) is 12.1 Å². The van der Waals surface area contributed by atoms with Crippen LogP contribution in [0.5, 0.6) is 0 Å². The molecule has 1 aliphatic heterocycles. The molecule has 24 heavy (non-hydrogen) atoms. The third-order valence-corrected chi connectivity index (χ3v) is 4.35. The van der Waals surface area contributed by atoms with E-state index in [1.54, 1.807) is 6.20 Å². The van der Waals surface area contributed by atoms with Crippen LogP contribution in [-0.4, -0.2) is 35.0 Å². The highest BCUT2D eigenvalue weighted by molar-refractivity contribution is 5.76. The Kier molecular flexibility index (Phi) is 5.41. The minimum Gasteiger partial charge on any atom is -0.355 e. The predicted molar refractivity (Wildman–Crippen MR) is 94.9 cm³/mol. The molecule has 0 bridgehead atoms. The van der Waals surface area contributed by atoms with Crippen molar-refractivity contribution in [1.82, 2.24) is 15.3 Å². The molecule has 0 spiro atoms. The van der Waals surface area contributed by atoms with Crippen LogP contribution in [0.3, 0.4) is 0 Å². The number of nitrogens with zero attached hydrogens (tertiary/aromatic N) is 3. The van der Waals surface area contributed by atoms with Gasteiger partial charge in [0.2, 0.25) is 5.91 Å². The van der Waals surface area contributed by atoms with E-state index in [0.717, 1.165) is 49.4 Å². The first-order valence-electron chi connectivity index (χ1n) is 8.57. The van der Waals surface area contributed by atoms with Gasteiger partial charge in [0.25, 0.3) is 0 Å². The molecule has 2 aromatic rings. The lowest BCUT2D eigenvalue weighted by atomic mass is 10.0. The van der Waals surface area contributed by atoms with Gasteiger partial charge in [0, 0.05) is 43.6 Å². The number of aromatic nitrogens is 2. The molecule has 3 heterocycles. The summed E-state index contributed by atoms with van der Waals surface area (Å²) < 4.78 is 0. The molecule has 0 aromatic carbocycles. The Hall–Kier alpha value is -2.43. The second-order valence-corrected chi connectivity index (χ2v) is 6.35. The highest BCUT2D eigenvalue weighted by Gasteiger charge is 2.22. The van der Waals surface area contributed by atoms with E-state index in [4.69, 9.17) is 0 Å². The Morgan fingerprint density at radius 1 is 1.33 bits per heavy atom. The molecule has 0 radical (unpaired) electrons. The van der Waals surface area contributed by atoms with Crippen molar-refractivity contribution in [2.45, 2.75) is 38.6 Å². The Balaban J connectivity index is 1.50. The average molecular weight is 324 g/mol. The third-order valence-electron chi connectivity index (χ3n) is 4.35. The number of hydrogen-bond donors (Lipinski definition) is 1. The van der Waals surface area contributed by atoms with E-state index in [0.29, 0.717) is 6.42 Å². The summed E-state index contributed by atoms with van der Waals surface area (Å²) in [4.78, 5) is 23.2. The number of anilines is 1. The number of carbonyl (C=O) groups excluding carboxylic acids is 1.